The zero-order chi connectivity index (χ0) is 20.0. The van der Waals surface area contributed by atoms with Crippen LogP contribution in [0.3, 0.4) is 0 Å². The Morgan fingerprint density at radius 2 is 2.00 bits per heavy atom. The zero-order valence-electron chi connectivity index (χ0n) is 16.1. The van der Waals surface area contributed by atoms with Gasteiger partial charge >= 0.3 is 0 Å². The van der Waals surface area contributed by atoms with Gasteiger partial charge in [0.25, 0.3) is 11.5 Å². The van der Waals surface area contributed by atoms with Crippen LogP contribution in [-0.2, 0) is 22.6 Å². The van der Waals surface area contributed by atoms with Crippen LogP contribution in [0.25, 0.3) is 0 Å². The van der Waals surface area contributed by atoms with E-state index in [-0.39, 0.29) is 29.9 Å². The fraction of sp³-hybridized carbons (Fsp3) is 0.409. The number of piperidine rings is 1. The fourth-order valence-corrected chi connectivity index (χ4v) is 4.78. The highest BCUT2D eigenvalue weighted by Crippen LogP contribution is 2.35. The molecule has 150 valence electrons. The summed E-state index contributed by atoms with van der Waals surface area (Å²) in [6, 6.07) is 11.0. The maximum absolute atomic E-state index is 12.8. The molecule has 7 heteroatoms. The molecule has 1 fully saturated rings. The second kappa shape index (κ2) is 7.06. The molecule has 0 spiro atoms. The van der Waals surface area contributed by atoms with E-state index in [4.69, 9.17) is 4.74 Å². The van der Waals surface area contributed by atoms with Crippen molar-refractivity contribution in [2.24, 2.45) is 5.92 Å². The molecule has 5 rings (SSSR count). The van der Waals surface area contributed by atoms with Gasteiger partial charge in [-0.1, -0.05) is 12.1 Å². The lowest BCUT2D eigenvalue weighted by Crippen LogP contribution is -2.50. The van der Waals surface area contributed by atoms with E-state index in [9.17, 15) is 14.4 Å². The van der Waals surface area contributed by atoms with Crippen molar-refractivity contribution in [2.45, 2.75) is 31.7 Å². The predicted octanol–water partition coefficient (Wildman–Crippen LogP) is 1.76. The van der Waals surface area contributed by atoms with E-state index in [0.29, 0.717) is 37.7 Å². The number of amides is 2. The molecule has 3 aliphatic heterocycles. The molecule has 1 saturated heterocycles. The quantitative estimate of drug-likeness (QED) is 0.862. The third-order valence-corrected chi connectivity index (χ3v) is 6.17. The van der Waals surface area contributed by atoms with E-state index in [1.807, 2.05) is 27.7 Å². The normalized spacial score (nSPS) is 22.3. The first-order valence-corrected chi connectivity index (χ1v) is 10.1. The second-order valence-electron chi connectivity index (χ2n) is 8.15. The van der Waals surface area contributed by atoms with E-state index in [0.717, 1.165) is 29.8 Å². The number of aryl methyl sites for hydroxylation is 1. The molecule has 1 aromatic heterocycles. The smallest absolute Gasteiger partial charge is 0.260 e. The Bertz CT molecular complexity index is 1040. The van der Waals surface area contributed by atoms with Crippen LogP contribution >= 0.6 is 0 Å². The molecule has 0 aliphatic carbocycles. The van der Waals surface area contributed by atoms with Crippen molar-refractivity contribution in [3.8, 4) is 5.75 Å². The Morgan fingerprint density at radius 1 is 1.10 bits per heavy atom. The van der Waals surface area contributed by atoms with Gasteiger partial charge in [-0.25, -0.2) is 0 Å². The van der Waals surface area contributed by atoms with Crippen LogP contribution in [-0.4, -0.2) is 41.0 Å². The molecule has 2 atom stereocenters. The van der Waals surface area contributed by atoms with Gasteiger partial charge in [-0.05, 0) is 36.5 Å². The van der Waals surface area contributed by atoms with E-state index in [1.165, 1.54) is 0 Å². The average Bonchev–Trinajstić information content (AvgIpc) is 2.72. The zero-order valence-corrected chi connectivity index (χ0v) is 16.1. The largest absolute Gasteiger partial charge is 0.484 e. The summed E-state index contributed by atoms with van der Waals surface area (Å²) in [5.74, 6) is 1.02. The van der Waals surface area contributed by atoms with Gasteiger partial charge in [-0.3, -0.25) is 14.4 Å². The number of carbonyl (C=O) groups excluding carboxylic acids is 2. The van der Waals surface area contributed by atoms with Crippen LogP contribution in [0.2, 0.25) is 0 Å². The molecule has 4 heterocycles. The first kappa shape index (κ1) is 18.0. The topological polar surface area (TPSA) is 80.6 Å². The first-order chi connectivity index (χ1) is 14.1. The molecule has 2 amide bonds. The average molecular weight is 393 g/mol. The Balaban J connectivity index is 1.25. The number of likely N-dealkylation sites (tertiary alicyclic amines) is 1. The van der Waals surface area contributed by atoms with Crippen LogP contribution in [0.4, 0.5) is 5.69 Å². The number of carbonyl (C=O) groups is 2. The van der Waals surface area contributed by atoms with E-state index in [2.05, 4.69) is 5.32 Å². The van der Waals surface area contributed by atoms with Gasteiger partial charge in [-0.2, -0.15) is 0 Å². The number of rotatable bonds is 3. The van der Waals surface area contributed by atoms with Crippen molar-refractivity contribution in [3.05, 3.63) is 58.0 Å². The van der Waals surface area contributed by atoms with Crippen molar-refractivity contribution < 1.29 is 14.3 Å². The molecule has 2 aromatic rings. The highest BCUT2D eigenvalue weighted by atomic mass is 16.5. The van der Waals surface area contributed by atoms with Gasteiger partial charge in [0.15, 0.2) is 6.61 Å². The van der Waals surface area contributed by atoms with Gasteiger partial charge in [0, 0.05) is 55.5 Å². The molecule has 1 N–H and O–H groups in total. The lowest BCUT2D eigenvalue weighted by molar-refractivity contribution is -0.136. The number of ether oxygens (including phenoxy) is 1. The van der Waals surface area contributed by atoms with E-state index >= 15 is 0 Å². The maximum atomic E-state index is 12.8. The highest BCUT2D eigenvalue weighted by Gasteiger charge is 2.36. The highest BCUT2D eigenvalue weighted by molar-refractivity contribution is 5.94. The monoisotopic (exact) mass is 393 g/mol. The van der Waals surface area contributed by atoms with Crippen LogP contribution in [0.15, 0.2) is 41.2 Å². The number of fused-ring (bicyclic) bond motifs is 5. The minimum Gasteiger partial charge on any atom is -0.484 e. The Morgan fingerprint density at radius 3 is 2.90 bits per heavy atom. The van der Waals surface area contributed by atoms with Crippen molar-refractivity contribution >= 4 is 17.5 Å². The molecule has 2 bridgehead atoms. The number of hydrogen-bond donors (Lipinski definition) is 1. The molecule has 7 nitrogen and oxygen atoms in total. The lowest BCUT2D eigenvalue weighted by atomic mass is 9.83. The van der Waals surface area contributed by atoms with Crippen LogP contribution in [0.5, 0.6) is 5.75 Å². The summed E-state index contributed by atoms with van der Waals surface area (Å²) >= 11 is 0. The molecular weight excluding hydrogens is 370 g/mol. The molecule has 1 aromatic carbocycles. The van der Waals surface area contributed by atoms with E-state index in [1.54, 1.807) is 18.2 Å². The standard InChI is InChI=1S/C22H23N3O4/c26-20-7-5-15-4-6-17(9-18(15)23-20)29-13-22(28)24-10-14-8-16(12-24)19-2-1-3-21(27)25(19)11-14/h1-4,6,9,14,16H,5,7-8,10-13H2,(H,23,26)/t14-,16+/m0/s1. The van der Waals surface area contributed by atoms with Crippen molar-refractivity contribution in [3.63, 3.8) is 0 Å². The molecule has 0 unspecified atom stereocenters. The third kappa shape index (κ3) is 3.41. The third-order valence-electron chi connectivity index (χ3n) is 6.17. The molecular formula is C22H23N3O4. The van der Waals surface area contributed by atoms with Gasteiger partial charge < -0.3 is 19.5 Å². The molecule has 3 aliphatic rings. The number of benzene rings is 1. The fourth-order valence-electron chi connectivity index (χ4n) is 4.78. The summed E-state index contributed by atoms with van der Waals surface area (Å²) in [4.78, 5) is 38.4. The number of hydrogen-bond acceptors (Lipinski definition) is 4. The van der Waals surface area contributed by atoms with E-state index < -0.39 is 0 Å². The summed E-state index contributed by atoms with van der Waals surface area (Å²) in [6.07, 6.45) is 2.23. The van der Waals surface area contributed by atoms with Gasteiger partial charge in [0.1, 0.15) is 5.75 Å². The van der Waals surface area contributed by atoms with Crippen molar-refractivity contribution in [1.82, 2.24) is 9.47 Å². The number of anilines is 1. The van der Waals surface area contributed by atoms with Crippen LogP contribution in [0.1, 0.15) is 30.0 Å². The lowest BCUT2D eigenvalue weighted by Gasteiger charge is -2.42. The minimum atomic E-state index is -0.0480. The van der Waals surface area contributed by atoms with Gasteiger partial charge in [0.2, 0.25) is 5.91 Å². The summed E-state index contributed by atoms with van der Waals surface area (Å²) in [6.45, 7) is 1.90. The summed E-state index contributed by atoms with van der Waals surface area (Å²) in [5, 5.41) is 2.85. The Kier molecular flexibility index (Phi) is 4.38. The number of aromatic nitrogens is 1. The summed E-state index contributed by atoms with van der Waals surface area (Å²) < 4.78 is 7.60. The van der Waals surface area contributed by atoms with Gasteiger partial charge in [-0.15, -0.1) is 0 Å². The Hall–Kier alpha value is -3.09. The van der Waals surface area contributed by atoms with Gasteiger partial charge in [0.05, 0.1) is 0 Å². The SMILES string of the molecule is O=C1CCc2ccc(OCC(=O)N3C[C@@H]4C[C@H](C3)c3cccc(=O)n3C4)cc2N1. The van der Waals surface area contributed by atoms with Crippen molar-refractivity contribution in [1.29, 1.82) is 0 Å². The maximum Gasteiger partial charge on any atom is 0.260 e. The molecule has 29 heavy (non-hydrogen) atoms. The van der Waals surface area contributed by atoms with Crippen molar-refractivity contribution in [2.75, 3.05) is 25.0 Å². The number of pyridine rings is 1. The predicted molar refractivity (Wildman–Crippen MR) is 107 cm³/mol. The first-order valence-electron chi connectivity index (χ1n) is 10.1. The summed E-state index contributed by atoms with van der Waals surface area (Å²) in [5.41, 5.74) is 2.92. The number of nitrogens with one attached hydrogen (secondary N) is 1. The van der Waals surface area contributed by atoms with Crippen LogP contribution in [0, 0.1) is 5.92 Å². The second-order valence-corrected chi connectivity index (χ2v) is 8.15. The molecule has 0 saturated carbocycles. The Labute approximate surface area is 168 Å². The summed E-state index contributed by atoms with van der Waals surface area (Å²) in [7, 11) is 0. The van der Waals surface area contributed by atoms with Crippen LogP contribution < -0.4 is 15.6 Å². The molecule has 0 radical (unpaired) electrons. The minimum absolute atomic E-state index is 0.00460. The number of nitrogens with zero attached hydrogens (tertiary/aromatic N) is 2.